The van der Waals surface area contributed by atoms with E-state index in [9.17, 15) is 18.0 Å². The van der Waals surface area contributed by atoms with Crippen LogP contribution >= 0.6 is 11.3 Å². The number of ether oxygens (including phenoxy) is 2. The summed E-state index contributed by atoms with van der Waals surface area (Å²) in [6.07, 6.45) is 0.976. The number of hydrogen-bond acceptors (Lipinski definition) is 7. The van der Waals surface area contributed by atoms with Gasteiger partial charge < -0.3 is 23.3 Å². The third-order valence-electron chi connectivity index (χ3n) is 6.00. The molecule has 4 rings (SSSR count). The van der Waals surface area contributed by atoms with Crippen molar-refractivity contribution < 1.29 is 36.7 Å². The van der Waals surface area contributed by atoms with Gasteiger partial charge in [-0.2, -0.15) is 18.2 Å². The van der Waals surface area contributed by atoms with Gasteiger partial charge in [-0.15, -0.1) is 11.3 Å². The maximum absolute atomic E-state index is 13.5. The number of hydrogen-bond donors (Lipinski definition) is 0. The second-order valence-corrected chi connectivity index (χ2v) is 11.5. The fourth-order valence-corrected chi connectivity index (χ4v) is 4.84. The van der Waals surface area contributed by atoms with Crippen molar-refractivity contribution in [3.05, 3.63) is 69.4 Å². The predicted molar refractivity (Wildman–Crippen MR) is 143 cm³/mol. The number of benzene rings is 1. The Bertz CT molecular complexity index is 1400. The number of oxime groups is 1. The highest BCUT2D eigenvalue weighted by Crippen LogP contribution is 2.33. The molecule has 3 heterocycles. The van der Waals surface area contributed by atoms with Crippen molar-refractivity contribution in [3.8, 4) is 5.75 Å². The lowest BCUT2D eigenvalue weighted by Gasteiger charge is -2.20. The van der Waals surface area contributed by atoms with E-state index < -0.39 is 23.9 Å². The Morgan fingerprint density at radius 1 is 1.20 bits per heavy atom. The molecule has 1 aliphatic rings. The number of rotatable bonds is 8. The van der Waals surface area contributed by atoms with Gasteiger partial charge in [0.05, 0.1) is 36.3 Å². The third kappa shape index (κ3) is 7.85. The van der Waals surface area contributed by atoms with E-state index in [-0.39, 0.29) is 23.3 Å². The summed E-state index contributed by atoms with van der Waals surface area (Å²) < 4.78 is 59.0. The molecule has 40 heavy (non-hydrogen) atoms. The molecular weight excluding hydrogens is 547 g/mol. The number of amides is 1. The van der Waals surface area contributed by atoms with Gasteiger partial charge in [-0.1, -0.05) is 25.9 Å². The molecule has 0 saturated carbocycles. The van der Waals surface area contributed by atoms with E-state index in [1.54, 1.807) is 29.9 Å². The molecular formula is C28H32F3N3O5S. The number of carbonyl (C=O) groups excluding carboxylic acids is 1. The second-order valence-electron chi connectivity index (χ2n) is 10.5. The lowest BCUT2D eigenvalue weighted by atomic mass is 9.95. The second kappa shape index (κ2) is 12.4. The van der Waals surface area contributed by atoms with Gasteiger partial charge in [0, 0.05) is 17.5 Å². The van der Waals surface area contributed by atoms with E-state index in [1.165, 1.54) is 11.3 Å². The minimum atomic E-state index is -4.65. The fourth-order valence-electron chi connectivity index (χ4n) is 3.80. The minimum Gasteiger partial charge on any atom is -0.487 e. The summed E-state index contributed by atoms with van der Waals surface area (Å²) in [5.41, 5.74) is -1.10. The first-order chi connectivity index (χ1) is 18.9. The summed E-state index contributed by atoms with van der Waals surface area (Å²) in [6.45, 7) is 8.51. The first-order valence-electron chi connectivity index (χ1n) is 12.9. The van der Waals surface area contributed by atoms with Crippen molar-refractivity contribution >= 4 is 23.0 Å². The summed E-state index contributed by atoms with van der Waals surface area (Å²) in [5, 5.41) is 4.00. The van der Waals surface area contributed by atoms with E-state index >= 15 is 0 Å². The molecule has 12 heteroatoms. The molecule has 0 spiro atoms. The molecule has 8 nitrogen and oxygen atoms in total. The molecule has 0 radical (unpaired) electrons. The zero-order valence-corrected chi connectivity index (χ0v) is 23.6. The first kappa shape index (κ1) is 29.6. The van der Waals surface area contributed by atoms with Crippen LogP contribution in [-0.4, -0.2) is 35.7 Å². The molecule has 2 aromatic heterocycles. The molecule has 0 unspecified atom stereocenters. The highest BCUT2D eigenvalue weighted by atomic mass is 32.1. The molecule has 3 aromatic rings. The lowest BCUT2D eigenvalue weighted by molar-refractivity contribution is -0.162. The van der Waals surface area contributed by atoms with Gasteiger partial charge in [-0.25, -0.2) is 0 Å². The molecule has 0 bridgehead atoms. The maximum atomic E-state index is 13.5. The summed E-state index contributed by atoms with van der Waals surface area (Å²) in [6, 6.07) is 6.29. The fraction of sp³-hybridized carbons (Fsp3) is 0.464. The normalized spacial score (nSPS) is 17.2. The summed E-state index contributed by atoms with van der Waals surface area (Å²) >= 11 is 1.29. The summed E-state index contributed by atoms with van der Waals surface area (Å²) in [4.78, 5) is 24.3. The SMILES string of the molecule is C/C(COc1ccc(C(F)(F)F)cc1C(=O)N=c1sc(C(C)(C)C)cn1Cc1ccco1)=N/O[C@@H]1CCCCO1. The van der Waals surface area contributed by atoms with Crippen LogP contribution in [0.15, 0.2) is 57.4 Å². The van der Waals surface area contributed by atoms with Gasteiger partial charge in [0.25, 0.3) is 5.91 Å². The van der Waals surface area contributed by atoms with E-state index in [2.05, 4.69) is 10.1 Å². The van der Waals surface area contributed by atoms with E-state index in [0.717, 1.165) is 42.3 Å². The molecule has 0 N–H and O–H groups in total. The van der Waals surface area contributed by atoms with Crippen LogP contribution in [-0.2, 0) is 27.7 Å². The van der Waals surface area contributed by atoms with Gasteiger partial charge >= 0.3 is 6.18 Å². The Balaban J connectivity index is 1.63. The number of halogens is 3. The van der Waals surface area contributed by atoms with Crippen molar-refractivity contribution in [1.82, 2.24) is 4.57 Å². The number of thiazole rings is 1. The largest absolute Gasteiger partial charge is 0.487 e. The Hall–Kier alpha value is -3.38. The van der Waals surface area contributed by atoms with Crippen molar-refractivity contribution in [2.24, 2.45) is 10.1 Å². The molecule has 0 aliphatic carbocycles. The smallest absolute Gasteiger partial charge is 0.416 e. The van der Waals surface area contributed by atoms with Crippen LogP contribution in [0.25, 0.3) is 0 Å². The summed E-state index contributed by atoms with van der Waals surface area (Å²) in [5.74, 6) is -0.265. The average molecular weight is 580 g/mol. The zero-order valence-electron chi connectivity index (χ0n) is 22.8. The molecule has 1 saturated heterocycles. The van der Waals surface area contributed by atoms with Gasteiger partial charge in [-0.3, -0.25) is 4.79 Å². The quantitative estimate of drug-likeness (QED) is 0.223. The maximum Gasteiger partial charge on any atom is 0.416 e. The molecule has 1 amide bonds. The average Bonchev–Trinajstić information content (AvgIpc) is 3.56. The lowest BCUT2D eigenvalue weighted by Crippen LogP contribution is -2.21. The number of alkyl halides is 3. The number of aromatic nitrogens is 1. The summed E-state index contributed by atoms with van der Waals surface area (Å²) in [7, 11) is 0. The number of furan rings is 1. The predicted octanol–water partition coefficient (Wildman–Crippen LogP) is 6.55. The van der Waals surface area contributed by atoms with E-state index in [1.807, 2.05) is 27.0 Å². The minimum absolute atomic E-state index is 0.0459. The molecule has 1 atom stereocenters. The van der Waals surface area contributed by atoms with Gasteiger partial charge in [0.2, 0.25) is 6.29 Å². The van der Waals surface area contributed by atoms with Crippen LogP contribution in [0.5, 0.6) is 5.75 Å². The molecule has 216 valence electrons. The van der Waals surface area contributed by atoms with Crippen LogP contribution in [0.3, 0.4) is 0 Å². The molecule has 1 fully saturated rings. The Morgan fingerprint density at radius 2 is 2.00 bits per heavy atom. The molecule has 1 aromatic carbocycles. The van der Waals surface area contributed by atoms with E-state index in [0.29, 0.717) is 29.4 Å². The third-order valence-corrected chi connectivity index (χ3v) is 7.45. The first-order valence-corrected chi connectivity index (χ1v) is 13.7. The Morgan fingerprint density at radius 3 is 2.65 bits per heavy atom. The number of nitrogens with zero attached hydrogens (tertiary/aromatic N) is 3. The van der Waals surface area contributed by atoms with Crippen LogP contribution in [0.1, 0.15) is 73.5 Å². The Kier molecular flexibility index (Phi) is 9.19. The Labute approximate surface area is 234 Å². The van der Waals surface area contributed by atoms with Crippen LogP contribution in [0.2, 0.25) is 0 Å². The topological polar surface area (TPSA) is 87.6 Å². The van der Waals surface area contributed by atoms with Crippen LogP contribution < -0.4 is 9.54 Å². The number of carbonyl (C=O) groups is 1. The standard InChI is InChI=1S/C28H32F3N3O5S/c1-18(33-39-24-9-5-6-12-37-24)17-38-22-11-10-19(28(29,30)31)14-21(22)25(35)32-26-34(15-20-8-7-13-36-20)16-23(40-26)27(2,3)4/h7-8,10-11,13-14,16,24H,5-6,9,12,15,17H2,1-4H3/b32-26?,33-18-/t24-/m1/s1. The highest BCUT2D eigenvalue weighted by Gasteiger charge is 2.32. The van der Waals surface area contributed by atoms with Crippen molar-refractivity contribution in [2.45, 2.75) is 71.4 Å². The zero-order chi connectivity index (χ0) is 28.9. The van der Waals surface area contributed by atoms with Gasteiger partial charge in [0.15, 0.2) is 4.80 Å². The van der Waals surface area contributed by atoms with E-state index in [4.69, 9.17) is 18.7 Å². The van der Waals surface area contributed by atoms with Crippen molar-refractivity contribution in [3.63, 3.8) is 0 Å². The highest BCUT2D eigenvalue weighted by molar-refractivity contribution is 7.09. The van der Waals surface area contributed by atoms with Crippen molar-refractivity contribution in [1.29, 1.82) is 0 Å². The van der Waals surface area contributed by atoms with Gasteiger partial charge in [0.1, 0.15) is 18.1 Å². The van der Waals surface area contributed by atoms with Crippen LogP contribution in [0.4, 0.5) is 13.2 Å². The monoisotopic (exact) mass is 579 g/mol. The molecule has 1 aliphatic heterocycles. The van der Waals surface area contributed by atoms with Crippen molar-refractivity contribution in [2.75, 3.05) is 13.2 Å². The van der Waals surface area contributed by atoms with Gasteiger partial charge in [-0.05, 0) is 55.5 Å². The van der Waals surface area contributed by atoms with Crippen LogP contribution in [0, 0.1) is 0 Å².